The number of carbonyl (C=O) groups is 2. The topological polar surface area (TPSA) is 86.8 Å². The van der Waals surface area contributed by atoms with E-state index in [0.717, 1.165) is 23.8 Å². The average molecular weight is 520 g/mol. The maximum absolute atomic E-state index is 14.4. The Bertz CT molecular complexity index is 1170. The lowest BCUT2D eigenvalue weighted by Gasteiger charge is -2.30. The van der Waals surface area contributed by atoms with E-state index in [1.807, 2.05) is 45.9 Å². The van der Waals surface area contributed by atoms with Gasteiger partial charge in [0.15, 0.2) is 0 Å². The van der Waals surface area contributed by atoms with Crippen LogP contribution in [0.25, 0.3) is 0 Å². The van der Waals surface area contributed by atoms with Crippen molar-refractivity contribution in [3.63, 3.8) is 0 Å². The molecule has 0 radical (unpaired) electrons. The van der Waals surface area contributed by atoms with Crippen molar-refractivity contribution in [3.8, 4) is 0 Å². The first-order valence-electron chi connectivity index (χ1n) is 12.2. The van der Waals surface area contributed by atoms with Crippen molar-refractivity contribution in [3.05, 3.63) is 65.0 Å². The van der Waals surface area contributed by atoms with Crippen LogP contribution in [0.1, 0.15) is 56.7 Å². The van der Waals surface area contributed by atoms with Gasteiger partial charge >= 0.3 is 0 Å². The summed E-state index contributed by atoms with van der Waals surface area (Å²) in [5.74, 6) is -1.12. The van der Waals surface area contributed by atoms with Crippen LogP contribution >= 0.6 is 0 Å². The quantitative estimate of drug-likeness (QED) is 0.453. The van der Waals surface area contributed by atoms with E-state index >= 15 is 0 Å². The first-order chi connectivity index (χ1) is 16.8. The van der Waals surface area contributed by atoms with Gasteiger partial charge in [0, 0.05) is 31.1 Å². The van der Waals surface area contributed by atoms with Crippen molar-refractivity contribution in [2.75, 3.05) is 17.1 Å². The molecule has 198 valence electrons. The zero-order chi connectivity index (χ0) is 27.0. The van der Waals surface area contributed by atoms with Gasteiger partial charge in [-0.2, -0.15) is 0 Å². The smallest absolute Gasteiger partial charge is 0.242 e. The van der Waals surface area contributed by atoms with E-state index in [0.29, 0.717) is 11.3 Å². The molecule has 9 heteroatoms. The van der Waals surface area contributed by atoms with Crippen molar-refractivity contribution in [2.24, 2.45) is 0 Å². The molecule has 7 nitrogen and oxygen atoms in total. The number of halogens is 1. The molecular formula is C27H38FN3O4S. The predicted octanol–water partition coefficient (Wildman–Crippen LogP) is 4.32. The van der Waals surface area contributed by atoms with Crippen molar-refractivity contribution >= 4 is 27.5 Å². The van der Waals surface area contributed by atoms with Gasteiger partial charge in [-0.15, -0.1) is 0 Å². The molecule has 0 bridgehead atoms. The van der Waals surface area contributed by atoms with E-state index in [-0.39, 0.29) is 43.8 Å². The molecule has 1 N–H and O–H groups in total. The molecule has 2 amide bonds. The molecule has 0 saturated carbocycles. The maximum atomic E-state index is 14.4. The lowest BCUT2D eigenvalue weighted by Crippen LogP contribution is -2.49. The Kier molecular flexibility index (Phi) is 10.5. The molecule has 2 aromatic carbocycles. The van der Waals surface area contributed by atoms with Crippen molar-refractivity contribution in [1.29, 1.82) is 0 Å². The number of hydrogen-bond acceptors (Lipinski definition) is 4. The third-order valence-electron chi connectivity index (χ3n) is 6.25. The largest absolute Gasteiger partial charge is 0.352 e. The minimum atomic E-state index is -3.58. The molecule has 2 atom stereocenters. The van der Waals surface area contributed by atoms with Crippen LogP contribution in [0.2, 0.25) is 0 Å². The molecule has 0 aromatic heterocycles. The van der Waals surface area contributed by atoms with Crippen molar-refractivity contribution in [1.82, 2.24) is 10.2 Å². The summed E-state index contributed by atoms with van der Waals surface area (Å²) in [6, 6.07) is 10.8. The fraction of sp³-hybridized carbons (Fsp3) is 0.481. The summed E-state index contributed by atoms with van der Waals surface area (Å²) in [5.41, 5.74) is 2.63. The number of anilines is 1. The molecule has 0 spiro atoms. The van der Waals surface area contributed by atoms with Crippen LogP contribution in [0.4, 0.5) is 10.1 Å². The number of nitrogens with one attached hydrogen (secondary N) is 1. The average Bonchev–Trinajstić information content (AvgIpc) is 2.81. The summed E-state index contributed by atoms with van der Waals surface area (Å²) < 4.78 is 40.8. The van der Waals surface area contributed by atoms with Crippen LogP contribution in [0.15, 0.2) is 42.5 Å². The number of benzene rings is 2. The highest BCUT2D eigenvalue weighted by Crippen LogP contribution is 2.25. The Morgan fingerprint density at radius 3 is 2.36 bits per heavy atom. The third kappa shape index (κ3) is 8.05. The van der Waals surface area contributed by atoms with Crippen LogP contribution in [0, 0.1) is 19.7 Å². The highest BCUT2D eigenvalue weighted by atomic mass is 32.2. The van der Waals surface area contributed by atoms with Gasteiger partial charge in [0.2, 0.25) is 21.8 Å². The van der Waals surface area contributed by atoms with E-state index in [1.165, 1.54) is 15.3 Å². The van der Waals surface area contributed by atoms with Crippen molar-refractivity contribution in [2.45, 2.75) is 72.5 Å². The van der Waals surface area contributed by atoms with E-state index in [2.05, 4.69) is 5.32 Å². The number of rotatable bonds is 12. The minimum absolute atomic E-state index is 0.00624. The van der Waals surface area contributed by atoms with Crippen LogP contribution in [-0.2, 0) is 26.2 Å². The minimum Gasteiger partial charge on any atom is -0.352 e. The molecule has 0 fully saturated rings. The lowest BCUT2D eigenvalue weighted by atomic mass is 10.1. The fourth-order valence-corrected chi connectivity index (χ4v) is 4.84. The van der Waals surface area contributed by atoms with Gasteiger partial charge in [0.05, 0.1) is 11.9 Å². The molecule has 0 aliphatic carbocycles. The number of amides is 2. The first kappa shape index (κ1) is 29.3. The van der Waals surface area contributed by atoms with Gasteiger partial charge in [-0.1, -0.05) is 37.3 Å². The second-order valence-corrected chi connectivity index (χ2v) is 11.2. The van der Waals surface area contributed by atoms with E-state index in [1.54, 1.807) is 25.1 Å². The van der Waals surface area contributed by atoms with E-state index in [9.17, 15) is 22.4 Å². The summed E-state index contributed by atoms with van der Waals surface area (Å²) in [6.45, 7) is 9.21. The van der Waals surface area contributed by atoms with Gasteiger partial charge in [-0.3, -0.25) is 13.9 Å². The lowest BCUT2D eigenvalue weighted by molar-refractivity contribution is -0.141. The van der Waals surface area contributed by atoms with Crippen LogP contribution in [0.5, 0.6) is 0 Å². The summed E-state index contributed by atoms with van der Waals surface area (Å²) >= 11 is 0. The second kappa shape index (κ2) is 12.9. The zero-order valence-corrected chi connectivity index (χ0v) is 22.9. The van der Waals surface area contributed by atoms with Crippen LogP contribution in [0.3, 0.4) is 0 Å². The van der Waals surface area contributed by atoms with Gasteiger partial charge in [0.25, 0.3) is 0 Å². The zero-order valence-electron chi connectivity index (χ0n) is 22.0. The molecule has 0 aliphatic rings. The monoisotopic (exact) mass is 519 g/mol. The fourth-order valence-electron chi connectivity index (χ4n) is 3.83. The standard InChI is InChI=1S/C27H38FN3O4S/c1-7-21(4)29-27(33)22(5)30(18-23-11-8-9-12-24(23)28)26(32)13-10-16-31(36(6,34)35)25-17-19(2)14-15-20(25)3/h8-9,11-12,14-15,17,21-22H,7,10,13,16,18H2,1-6H3,(H,29,33)/t21-,22+/m1/s1. The Labute approximate surface area is 214 Å². The van der Waals surface area contributed by atoms with Gasteiger partial charge < -0.3 is 10.2 Å². The highest BCUT2D eigenvalue weighted by Gasteiger charge is 2.28. The van der Waals surface area contributed by atoms with E-state index < -0.39 is 21.9 Å². The summed E-state index contributed by atoms with van der Waals surface area (Å²) in [7, 11) is -3.58. The Morgan fingerprint density at radius 1 is 1.08 bits per heavy atom. The number of carbonyl (C=O) groups excluding carboxylic acids is 2. The van der Waals surface area contributed by atoms with Gasteiger partial charge in [-0.25, -0.2) is 12.8 Å². The van der Waals surface area contributed by atoms with Crippen molar-refractivity contribution < 1.29 is 22.4 Å². The molecule has 2 aromatic rings. The molecule has 0 saturated heterocycles. The Morgan fingerprint density at radius 2 is 1.75 bits per heavy atom. The van der Waals surface area contributed by atoms with E-state index in [4.69, 9.17) is 0 Å². The predicted molar refractivity (Wildman–Crippen MR) is 142 cm³/mol. The summed E-state index contributed by atoms with van der Waals surface area (Å²) in [5, 5.41) is 2.88. The van der Waals surface area contributed by atoms with Crippen LogP contribution < -0.4 is 9.62 Å². The number of aryl methyl sites for hydroxylation is 2. The maximum Gasteiger partial charge on any atom is 0.242 e. The first-order valence-corrected chi connectivity index (χ1v) is 14.1. The number of sulfonamides is 1. The molecule has 0 aliphatic heterocycles. The summed E-state index contributed by atoms with van der Waals surface area (Å²) in [4.78, 5) is 27.5. The second-order valence-electron chi connectivity index (χ2n) is 9.34. The molecular weight excluding hydrogens is 481 g/mol. The number of nitrogens with zero attached hydrogens (tertiary/aromatic N) is 2. The Hall–Kier alpha value is -2.94. The molecule has 0 unspecified atom stereocenters. The molecule has 2 rings (SSSR count). The molecule has 36 heavy (non-hydrogen) atoms. The SMILES string of the molecule is CC[C@@H](C)NC(=O)[C@H](C)N(Cc1ccccc1F)C(=O)CCCN(c1cc(C)ccc1C)S(C)(=O)=O. The number of hydrogen-bond donors (Lipinski definition) is 1. The van der Waals surface area contributed by atoms with Gasteiger partial charge in [-0.05, 0) is 63.8 Å². The summed E-state index contributed by atoms with van der Waals surface area (Å²) in [6.07, 6.45) is 2.13. The third-order valence-corrected chi connectivity index (χ3v) is 7.43. The normalized spacial score (nSPS) is 13.1. The molecule has 0 heterocycles. The van der Waals surface area contributed by atoms with Gasteiger partial charge in [0.1, 0.15) is 11.9 Å². The Balaban J connectivity index is 2.22. The van der Waals surface area contributed by atoms with Crippen LogP contribution in [-0.4, -0.2) is 50.0 Å². The highest BCUT2D eigenvalue weighted by molar-refractivity contribution is 7.92.